The van der Waals surface area contributed by atoms with Gasteiger partial charge in [0.2, 0.25) is 0 Å². The van der Waals surface area contributed by atoms with Crippen molar-refractivity contribution >= 4 is 7.82 Å². The Labute approximate surface area is 319 Å². The molecule has 0 aromatic heterocycles. The van der Waals surface area contributed by atoms with Crippen LogP contribution >= 0.6 is 7.82 Å². The standard InChI is InChI=1S/C46H63O6P/c1-9-13-17-33-29-37(21-25-41(33)47)45(5,6)39-23-27-43(35(31-39)19-15-11-3)51-53(49,50)52-44-28-24-40(32-36(44)20-16-12-4)46(7,8)38-22-26-42(48)34(30-38)18-14-10-2/h21-32,47-48H,9-20H2,1-8H3,(H,49,50). The average molecular weight is 743 g/mol. The highest BCUT2D eigenvalue weighted by Crippen LogP contribution is 2.48. The van der Waals surface area contributed by atoms with Crippen LogP contribution in [0.1, 0.15) is 151 Å². The Morgan fingerprint density at radius 1 is 0.491 bits per heavy atom. The molecule has 3 N–H and O–H groups in total. The summed E-state index contributed by atoms with van der Waals surface area (Å²) in [5, 5.41) is 21.0. The van der Waals surface area contributed by atoms with Gasteiger partial charge in [-0.15, -0.1) is 0 Å². The lowest BCUT2D eigenvalue weighted by Crippen LogP contribution is -2.20. The van der Waals surface area contributed by atoms with Crippen molar-refractivity contribution in [3.63, 3.8) is 0 Å². The summed E-state index contributed by atoms with van der Waals surface area (Å²) in [6.45, 7) is 17.2. The highest BCUT2D eigenvalue weighted by molar-refractivity contribution is 7.48. The van der Waals surface area contributed by atoms with Crippen LogP contribution in [0.25, 0.3) is 0 Å². The van der Waals surface area contributed by atoms with Crippen LogP contribution in [0, 0.1) is 0 Å². The van der Waals surface area contributed by atoms with Crippen LogP contribution in [0.3, 0.4) is 0 Å². The zero-order valence-corrected chi connectivity index (χ0v) is 34.3. The van der Waals surface area contributed by atoms with Gasteiger partial charge in [-0.05, 0) is 120 Å². The van der Waals surface area contributed by atoms with Crippen LogP contribution in [-0.2, 0) is 41.1 Å². The van der Waals surface area contributed by atoms with E-state index in [1.165, 1.54) is 0 Å². The smallest absolute Gasteiger partial charge is 0.508 e. The molecule has 0 unspecified atom stereocenters. The minimum atomic E-state index is -4.58. The Hall–Kier alpha value is -3.73. The van der Waals surface area contributed by atoms with Crippen LogP contribution < -0.4 is 9.05 Å². The number of rotatable bonds is 20. The molecule has 0 bridgehead atoms. The maximum absolute atomic E-state index is 13.8. The Morgan fingerprint density at radius 2 is 0.774 bits per heavy atom. The molecule has 0 saturated carbocycles. The first-order chi connectivity index (χ1) is 25.2. The van der Waals surface area contributed by atoms with Crippen molar-refractivity contribution in [1.82, 2.24) is 0 Å². The largest absolute Gasteiger partial charge is 0.584 e. The third-order valence-corrected chi connectivity index (χ3v) is 11.6. The lowest BCUT2D eigenvalue weighted by molar-refractivity contribution is 0.288. The molecule has 53 heavy (non-hydrogen) atoms. The minimum absolute atomic E-state index is 0.328. The predicted octanol–water partition coefficient (Wildman–Crippen LogP) is 12.7. The third kappa shape index (κ3) is 10.7. The van der Waals surface area contributed by atoms with Gasteiger partial charge in [0.1, 0.15) is 23.0 Å². The SMILES string of the molecule is CCCCc1cc(C(C)(C)c2ccc(OP(=O)(O)Oc3ccc(C(C)(C)c4ccc(O)c(CCCC)c4)cc3CCCC)c(CCCC)c2)ccc1O. The fourth-order valence-electron chi connectivity index (χ4n) is 6.92. The summed E-state index contributed by atoms with van der Waals surface area (Å²) in [7, 11) is -4.58. The number of phenols is 2. The molecule has 288 valence electrons. The van der Waals surface area contributed by atoms with Gasteiger partial charge in [0, 0.05) is 10.8 Å². The summed E-state index contributed by atoms with van der Waals surface area (Å²) in [6, 6.07) is 23.4. The predicted molar refractivity (Wildman–Crippen MR) is 219 cm³/mol. The van der Waals surface area contributed by atoms with Gasteiger partial charge in [-0.3, -0.25) is 4.89 Å². The number of benzene rings is 4. The number of hydrogen-bond donors (Lipinski definition) is 3. The van der Waals surface area contributed by atoms with Gasteiger partial charge in [0.05, 0.1) is 0 Å². The van der Waals surface area contributed by atoms with Gasteiger partial charge in [0.15, 0.2) is 0 Å². The van der Waals surface area contributed by atoms with Gasteiger partial charge >= 0.3 is 7.82 Å². The Bertz CT molecular complexity index is 1730. The molecule has 6 nitrogen and oxygen atoms in total. The molecule has 4 aromatic rings. The maximum atomic E-state index is 13.8. The summed E-state index contributed by atoms with van der Waals surface area (Å²) in [5.41, 5.74) is 7.17. The molecule has 0 aliphatic rings. The zero-order chi connectivity index (χ0) is 38.8. The normalized spacial score (nSPS) is 12.2. The Kier molecular flexibility index (Phi) is 14.7. The van der Waals surface area contributed by atoms with E-state index in [1.807, 2.05) is 24.3 Å². The van der Waals surface area contributed by atoms with Gasteiger partial charge in [0.25, 0.3) is 0 Å². The van der Waals surface area contributed by atoms with Crippen LogP contribution in [0.5, 0.6) is 23.0 Å². The maximum Gasteiger partial charge on any atom is 0.584 e. The van der Waals surface area contributed by atoms with E-state index in [0.717, 1.165) is 109 Å². The van der Waals surface area contributed by atoms with Gasteiger partial charge in [-0.1, -0.05) is 130 Å². The molecule has 0 aliphatic heterocycles. The second kappa shape index (κ2) is 18.5. The third-order valence-electron chi connectivity index (χ3n) is 10.8. The number of hydrogen-bond acceptors (Lipinski definition) is 5. The van der Waals surface area contributed by atoms with E-state index >= 15 is 0 Å². The first-order valence-electron chi connectivity index (χ1n) is 19.8. The second-order valence-corrected chi connectivity index (χ2v) is 16.9. The fraction of sp³-hybridized carbons (Fsp3) is 0.478. The number of unbranched alkanes of at least 4 members (excludes halogenated alkanes) is 4. The first kappa shape index (κ1) is 42.0. The van der Waals surface area contributed by atoms with Crippen molar-refractivity contribution in [2.45, 2.75) is 143 Å². The van der Waals surface area contributed by atoms with Gasteiger partial charge in [-0.2, -0.15) is 0 Å². The van der Waals surface area contributed by atoms with Gasteiger partial charge < -0.3 is 19.3 Å². The van der Waals surface area contributed by atoms with Crippen molar-refractivity contribution in [2.75, 3.05) is 0 Å². The molecule has 0 radical (unpaired) electrons. The molecule has 0 aliphatic carbocycles. The number of phosphoric acid groups is 1. The van der Waals surface area contributed by atoms with Crippen molar-refractivity contribution in [3.05, 3.63) is 117 Å². The number of aryl methyl sites for hydroxylation is 4. The lowest BCUT2D eigenvalue weighted by atomic mass is 9.76. The van der Waals surface area contributed by atoms with E-state index < -0.39 is 7.82 Å². The summed E-state index contributed by atoms with van der Waals surface area (Å²) in [6.07, 6.45) is 10.9. The van der Waals surface area contributed by atoms with Crippen LogP contribution in [0.15, 0.2) is 72.8 Å². The molecule has 0 atom stereocenters. The Balaban J connectivity index is 1.63. The number of aromatic hydroxyl groups is 2. The molecule has 0 spiro atoms. The van der Waals surface area contributed by atoms with Crippen LogP contribution in [0.4, 0.5) is 0 Å². The van der Waals surface area contributed by atoms with E-state index in [1.54, 1.807) is 24.3 Å². The van der Waals surface area contributed by atoms with Crippen molar-refractivity contribution in [1.29, 1.82) is 0 Å². The van der Waals surface area contributed by atoms with Gasteiger partial charge in [-0.25, -0.2) is 4.57 Å². The lowest BCUT2D eigenvalue weighted by Gasteiger charge is -2.29. The quantitative estimate of drug-likeness (QED) is 0.0780. The van der Waals surface area contributed by atoms with E-state index in [9.17, 15) is 19.7 Å². The average Bonchev–Trinajstić information content (AvgIpc) is 3.12. The van der Waals surface area contributed by atoms with E-state index in [0.29, 0.717) is 35.8 Å². The number of phosphoric ester groups is 1. The van der Waals surface area contributed by atoms with Crippen molar-refractivity contribution in [3.8, 4) is 23.0 Å². The molecule has 0 saturated heterocycles. The van der Waals surface area contributed by atoms with Crippen molar-refractivity contribution in [2.24, 2.45) is 0 Å². The Morgan fingerprint density at radius 3 is 1.09 bits per heavy atom. The summed E-state index contributed by atoms with van der Waals surface area (Å²) in [4.78, 5) is 11.3. The highest BCUT2D eigenvalue weighted by Gasteiger charge is 2.31. The topological polar surface area (TPSA) is 96.2 Å². The van der Waals surface area contributed by atoms with Crippen LogP contribution in [-0.4, -0.2) is 15.1 Å². The van der Waals surface area contributed by atoms with Crippen LogP contribution in [0.2, 0.25) is 0 Å². The molecule has 4 rings (SSSR count). The molecular weight excluding hydrogens is 679 g/mol. The summed E-state index contributed by atoms with van der Waals surface area (Å²) < 4.78 is 25.6. The van der Waals surface area contributed by atoms with E-state index in [4.69, 9.17) is 9.05 Å². The molecular formula is C46H63O6P. The number of phenolic OH excluding ortho intramolecular Hbond substituents is 2. The zero-order valence-electron chi connectivity index (χ0n) is 33.4. The molecule has 4 aromatic carbocycles. The first-order valence-corrected chi connectivity index (χ1v) is 21.3. The molecule has 0 fully saturated rings. The molecule has 7 heteroatoms. The molecule has 0 amide bonds. The molecule has 0 heterocycles. The minimum Gasteiger partial charge on any atom is -0.508 e. The second-order valence-electron chi connectivity index (χ2n) is 15.6. The highest BCUT2D eigenvalue weighted by atomic mass is 31.2. The van der Waals surface area contributed by atoms with E-state index in [-0.39, 0.29) is 10.8 Å². The van der Waals surface area contributed by atoms with E-state index in [2.05, 4.69) is 79.7 Å². The fourth-order valence-corrected chi connectivity index (χ4v) is 7.81. The summed E-state index contributed by atoms with van der Waals surface area (Å²) >= 11 is 0. The monoisotopic (exact) mass is 742 g/mol. The van der Waals surface area contributed by atoms with Crippen molar-refractivity contribution < 1.29 is 28.7 Å². The summed E-state index contributed by atoms with van der Waals surface area (Å²) in [5.74, 6) is 1.34.